The molecule has 8 heteroatoms. The van der Waals surface area contributed by atoms with E-state index >= 15 is 0 Å². The van der Waals surface area contributed by atoms with Crippen LogP contribution in [0.1, 0.15) is 33.6 Å². The van der Waals surface area contributed by atoms with Crippen molar-refractivity contribution in [2.75, 3.05) is 20.2 Å². The third-order valence-electron chi connectivity index (χ3n) is 6.51. The van der Waals surface area contributed by atoms with Crippen molar-refractivity contribution in [3.05, 3.63) is 69.6 Å². The number of rotatable bonds is 3. The van der Waals surface area contributed by atoms with E-state index in [1.165, 1.54) is 11.1 Å². The lowest BCUT2D eigenvalue weighted by atomic mass is 9.76. The molecular weight excluding hydrogens is 460 g/mol. The van der Waals surface area contributed by atoms with E-state index in [4.69, 9.17) is 4.74 Å². The predicted molar refractivity (Wildman–Crippen MR) is 120 cm³/mol. The first kappa shape index (κ1) is 20.6. The first-order chi connectivity index (χ1) is 15.0. The lowest BCUT2D eigenvalue weighted by Gasteiger charge is -2.48. The molecule has 3 aromatic rings. The molecular formula is C23H25BrN4O3. The fourth-order valence-corrected chi connectivity index (χ4v) is 5.30. The smallest absolute Gasteiger partial charge is 0.274 e. The van der Waals surface area contributed by atoms with Gasteiger partial charge in [-0.1, -0.05) is 24.3 Å². The van der Waals surface area contributed by atoms with E-state index in [1.807, 2.05) is 28.8 Å². The number of benzene rings is 1. The summed E-state index contributed by atoms with van der Waals surface area (Å²) in [6.07, 6.45) is 4.45. The van der Waals surface area contributed by atoms with Crippen molar-refractivity contribution in [3.8, 4) is 0 Å². The van der Waals surface area contributed by atoms with Crippen LogP contribution in [0.4, 0.5) is 0 Å². The molecule has 5 rings (SSSR count). The Morgan fingerprint density at radius 3 is 2.94 bits per heavy atom. The number of aromatic nitrogens is 2. The Kier molecular flexibility index (Phi) is 5.34. The van der Waals surface area contributed by atoms with Crippen molar-refractivity contribution in [1.29, 1.82) is 0 Å². The number of methoxy groups -OCH3 is 1. The summed E-state index contributed by atoms with van der Waals surface area (Å²) in [6.45, 7) is 2.01. The molecule has 1 saturated heterocycles. The molecule has 1 fully saturated rings. The highest BCUT2D eigenvalue weighted by atomic mass is 79.9. The van der Waals surface area contributed by atoms with Crippen LogP contribution >= 0.6 is 15.9 Å². The summed E-state index contributed by atoms with van der Waals surface area (Å²) in [5, 5.41) is 14.6. The maximum absolute atomic E-state index is 13.2. The number of aliphatic hydroxyl groups is 1. The maximum atomic E-state index is 13.2. The monoisotopic (exact) mass is 484 g/mol. The summed E-state index contributed by atoms with van der Waals surface area (Å²) < 4.78 is 8.00. The van der Waals surface area contributed by atoms with E-state index in [1.54, 1.807) is 18.2 Å². The van der Waals surface area contributed by atoms with Crippen molar-refractivity contribution in [1.82, 2.24) is 19.6 Å². The van der Waals surface area contributed by atoms with E-state index in [0.717, 1.165) is 23.0 Å². The molecule has 0 aliphatic carbocycles. The van der Waals surface area contributed by atoms with E-state index in [9.17, 15) is 9.90 Å². The first-order valence-corrected chi connectivity index (χ1v) is 11.2. The molecule has 1 spiro atoms. The Morgan fingerprint density at radius 2 is 2.16 bits per heavy atom. The summed E-state index contributed by atoms with van der Waals surface area (Å²) in [5.41, 5.74) is 4.14. The van der Waals surface area contributed by atoms with Gasteiger partial charge in [-0.25, -0.2) is 4.98 Å². The molecule has 31 heavy (non-hydrogen) atoms. The SMILES string of the molecule is COCc1cc(Br)cn2cc(C(=O)N3CC[C@]4(Cc5ccccc5CN4)[C@H](O)C3)nc12. The van der Waals surface area contributed by atoms with Gasteiger partial charge in [-0.05, 0) is 46.0 Å². The van der Waals surface area contributed by atoms with Crippen LogP contribution in [-0.2, 0) is 24.3 Å². The highest BCUT2D eigenvalue weighted by molar-refractivity contribution is 9.10. The van der Waals surface area contributed by atoms with Gasteiger partial charge in [-0.2, -0.15) is 0 Å². The molecule has 162 valence electrons. The fraction of sp³-hybridized carbons (Fsp3) is 0.391. The number of carbonyl (C=O) groups is 1. The predicted octanol–water partition coefficient (Wildman–Crippen LogP) is 2.53. The van der Waals surface area contributed by atoms with Crippen LogP contribution in [0.5, 0.6) is 0 Å². The van der Waals surface area contributed by atoms with Crippen LogP contribution in [0, 0.1) is 0 Å². The summed E-state index contributed by atoms with van der Waals surface area (Å²) in [7, 11) is 1.63. The third-order valence-corrected chi connectivity index (χ3v) is 6.95. The topological polar surface area (TPSA) is 79.1 Å². The Labute approximate surface area is 189 Å². The molecule has 0 radical (unpaired) electrons. The second-order valence-electron chi connectivity index (χ2n) is 8.45. The van der Waals surface area contributed by atoms with Gasteiger partial charge in [0.25, 0.3) is 5.91 Å². The number of fused-ring (bicyclic) bond motifs is 2. The zero-order chi connectivity index (χ0) is 21.6. The number of piperidine rings is 1. The van der Waals surface area contributed by atoms with Gasteiger partial charge in [0.05, 0.1) is 18.2 Å². The zero-order valence-corrected chi connectivity index (χ0v) is 18.9. The number of hydrogen-bond acceptors (Lipinski definition) is 5. The van der Waals surface area contributed by atoms with Crippen LogP contribution in [0.15, 0.2) is 47.2 Å². The first-order valence-electron chi connectivity index (χ1n) is 10.4. The highest BCUT2D eigenvalue weighted by Gasteiger charge is 2.45. The van der Waals surface area contributed by atoms with Crippen LogP contribution in [0.2, 0.25) is 0 Å². The number of amides is 1. The number of β-amino-alcohol motifs (C(OH)–C–C–N with tert-alkyl or cyclic N) is 1. The second kappa shape index (κ2) is 8.02. The van der Waals surface area contributed by atoms with Crippen molar-refractivity contribution in [2.45, 2.75) is 37.6 Å². The van der Waals surface area contributed by atoms with E-state index < -0.39 is 6.10 Å². The number of nitrogens with one attached hydrogen (secondary N) is 1. The number of nitrogens with zero attached hydrogens (tertiary/aromatic N) is 3. The van der Waals surface area contributed by atoms with E-state index in [0.29, 0.717) is 30.9 Å². The second-order valence-corrected chi connectivity index (χ2v) is 9.36. The highest BCUT2D eigenvalue weighted by Crippen LogP contribution is 2.32. The summed E-state index contributed by atoms with van der Waals surface area (Å²) in [6, 6.07) is 10.3. The number of ether oxygens (including phenoxy) is 1. The van der Waals surface area contributed by atoms with Gasteiger partial charge in [0, 0.05) is 49.2 Å². The van der Waals surface area contributed by atoms with Crippen molar-refractivity contribution in [3.63, 3.8) is 0 Å². The summed E-state index contributed by atoms with van der Waals surface area (Å²) in [4.78, 5) is 19.5. The Balaban J connectivity index is 1.36. The zero-order valence-electron chi connectivity index (χ0n) is 17.3. The number of imidazole rings is 1. The maximum Gasteiger partial charge on any atom is 0.274 e. The standard InChI is InChI=1S/C23H25BrN4O3/c1-31-14-17-8-18(24)11-28-12-19(26-21(17)28)22(30)27-7-6-23(20(29)13-27)9-15-4-2-3-5-16(15)10-25-23/h2-5,8,11-12,20,25,29H,6-7,9-10,13-14H2,1H3/t20-,23+/m1/s1. The molecule has 7 nitrogen and oxygen atoms in total. The van der Waals surface area contributed by atoms with Gasteiger partial charge in [-0.15, -0.1) is 0 Å². The number of hydrogen-bond donors (Lipinski definition) is 2. The van der Waals surface area contributed by atoms with Gasteiger partial charge >= 0.3 is 0 Å². The van der Waals surface area contributed by atoms with Gasteiger partial charge in [0.15, 0.2) is 0 Å². The Bertz CT molecular complexity index is 1150. The molecule has 1 aromatic carbocycles. The van der Waals surface area contributed by atoms with Crippen molar-refractivity contribution >= 4 is 27.5 Å². The van der Waals surface area contributed by atoms with E-state index in [2.05, 4.69) is 38.4 Å². The number of pyridine rings is 1. The van der Waals surface area contributed by atoms with Crippen molar-refractivity contribution in [2.24, 2.45) is 0 Å². The average molecular weight is 485 g/mol. The quantitative estimate of drug-likeness (QED) is 0.597. The largest absolute Gasteiger partial charge is 0.389 e. The number of carbonyl (C=O) groups excluding carboxylic acids is 1. The molecule has 1 amide bonds. The summed E-state index contributed by atoms with van der Waals surface area (Å²) >= 11 is 3.50. The van der Waals surface area contributed by atoms with Crippen LogP contribution in [0.3, 0.4) is 0 Å². The molecule has 2 aliphatic rings. The van der Waals surface area contributed by atoms with Gasteiger partial charge in [0.2, 0.25) is 0 Å². The van der Waals surface area contributed by atoms with Gasteiger partial charge in [-0.3, -0.25) is 4.79 Å². The molecule has 2 atom stereocenters. The molecule has 2 N–H and O–H groups in total. The Morgan fingerprint density at radius 1 is 1.35 bits per heavy atom. The fourth-order valence-electron chi connectivity index (χ4n) is 4.81. The normalized spacial score (nSPS) is 23.3. The molecule has 2 aliphatic heterocycles. The molecule has 0 saturated carbocycles. The summed E-state index contributed by atoms with van der Waals surface area (Å²) in [5.74, 6) is -0.159. The van der Waals surface area contributed by atoms with E-state index in [-0.39, 0.29) is 18.0 Å². The number of halogens is 1. The van der Waals surface area contributed by atoms with Crippen LogP contribution in [-0.4, -0.2) is 57.1 Å². The molecule has 0 unspecified atom stereocenters. The molecule has 4 heterocycles. The minimum atomic E-state index is -0.645. The minimum Gasteiger partial charge on any atom is -0.389 e. The van der Waals surface area contributed by atoms with Gasteiger partial charge < -0.3 is 24.5 Å². The van der Waals surface area contributed by atoms with Crippen molar-refractivity contribution < 1.29 is 14.6 Å². The lowest BCUT2D eigenvalue weighted by molar-refractivity contribution is -0.0140. The van der Waals surface area contributed by atoms with Gasteiger partial charge in [0.1, 0.15) is 11.3 Å². The third kappa shape index (κ3) is 3.67. The molecule has 0 bridgehead atoms. The average Bonchev–Trinajstić information content (AvgIpc) is 3.19. The number of likely N-dealkylation sites (tertiary alicyclic amines) is 1. The number of aliphatic hydroxyl groups excluding tert-OH is 1. The van der Waals surface area contributed by atoms with Crippen LogP contribution < -0.4 is 5.32 Å². The van der Waals surface area contributed by atoms with Crippen LogP contribution in [0.25, 0.3) is 5.65 Å². The minimum absolute atomic E-state index is 0.159. The molecule has 2 aromatic heterocycles. The lowest BCUT2D eigenvalue weighted by Crippen LogP contribution is -2.65. The Hall–Kier alpha value is -2.26.